The number of rotatable bonds is 5. The highest BCUT2D eigenvalue weighted by molar-refractivity contribution is 5.87. The molecule has 5 nitrogen and oxygen atoms in total. The highest BCUT2D eigenvalue weighted by Gasteiger charge is 2.45. The molecular formula is C18H22F3N3O2. The molecule has 2 aliphatic rings. The largest absolute Gasteiger partial charge is 0.405 e. The molecule has 0 bridgehead atoms. The zero-order chi connectivity index (χ0) is 18.8. The maximum Gasteiger partial charge on any atom is 0.405 e. The van der Waals surface area contributed by atoms with Gasteiger partial charge in [-0.15, -0.1) is 0 Å². The van der Waals surface area contributed by atoms with Gasteiger partial charge in [0.2, 0.25) is 5.91 Å². The Bertz CT molecular complexity index is 659. The van der Waals surface area contributed by atoms with Gasteiger partial charge in [0.25, 0.3) is 0 Å². The van der Waals surface area contributed by atoms with Gasteiger partial charge in [0.05, 0.1) is 0 Å². The molecule has 3 amide bonds. The molecule has 2 N–H and O–H groups in total. The maximum absolute atomic E-state index is 12.5. The third kappa shape index (κ3) is 4.28. The van der Waals surface area contributed by atoms with Gasteiger partial charge in [-0.3, -0.25) is 4.79 Å². The average molecular weight is 369 g/mol. The maximum atomic E-state index is 12.5. The SMILES string of the molecule is O=C(NCC(F)(F)F)C1CCCN1C(=O)NCC1(c2ccccc2)CC1. The Balaban J connectivity index is 1.55. The summed E-state index contributed by atoms with van der Waals surface area (Å²) in [6, 6.07) is 8.68. The highest BCUT2D eigenvalue weighted by atomic mass is 19.4. The van der Waals surface area contributed by atoms with Crippen LogP contribution in [0.1, 0.15) is 31.2 Å². The van der Waals surface area contributed by atoms with Gasteiger partial charge >= 0.3 is 12.2 Å². The molecule has 1 heterocycles. The number of nitrogens with one attached hydrogen (secondary N) is 2. The second-order valence-corrected chi connectivity index (χ2v) is 6.99. The molecule has 2 fully saturated rings. The van der Waals surface area contributed by atoms with E-state index in [1.807, 2.05) is 35.6 Å². The summed E-state index contributed by atoms with van der Waals surface area (Å²) in [5.41, 5.74) is 1.10. The minimum atomic E-state index is -4.46. The third-order valence-corrected chi connectivity index (χ3v) is 5.10. The number of hydrogen-bond donors (Lipinski definition) is 2. The first-order valence-corrected chi connectivity index (χ1v) is 8.75. The lowest BCUT2D eigenvalue weighted by Gasteiger charge is -2.26. The summed E-state index contributed by atoms with van der Waals surface area (Å²) >= 11 is 0. The summed E-state index contributed by atoms with van der Waals surface area (Å²) in [7, 11) is 0. The van der Waals surface area contributed by atoms with Crippen LogP contribution in [0.3, 0.4) is 0 Å². The fraction of sp³-hybridized carbons (Fsp3) is 0.556. The molecule has 3 rings (SSSR count). The topological polar surface area (TPSA) is 61.4 Å². The zero-order valence-corrected chi connectivity index (χ0v) is 14.3. The smallest absolute Gasteiger partial charge is 0.345 e. The van der Waals surface area contributed by atoms with Gasteiger partial charge in [0.1, 0.15) is 12.6 Å². The van der Waals surface area contributed by atoms with E-state index in [2.05, 4.69) is 5.32 Å². The molecule has 8 heteroatoms. The lowest BCUT2D eigenvalue weighted by atomic mass is 9.96. The number of hydrogen-bond acceptors (Lipinski definition) is 2. The van der Waals surface area contributed by atoms with Crippen molar-refractivity contribution in [2.75, 3.05) is 19.6 Å². The van der Waals surface area contributed by atoms with E-state index in [0.29, 0.717) is 25.9 Å². The fourth-order valence-corrected chi connectivity index (χ4v) is 3.44. The first kappa shape index (κ1) is 18.5. The molecule has 1 aromatic carbocycles. The molecule has 1 saturated heterocycles. The highest BCUT2D eigenvalue weighted by Crippen LogP contribution is 2.47. The standard InChI is InChI=1S/C18H22F3N3O2/c19-18(20,21)12-22-15(25)14-7-4-10-24(14)16(26)23-11-17(8-9-17)13-5-2-1-3-6-13/h1-3,5-6,14H,4,7-12H2,(H,22,25)(H,23,26). The van der Waals surface area contributed by atoms with Gasteiger partial charge in [-0.05, 0) is 31.2 Å². The minimum absolute atomic E-state index is 0.0648. The summed E-state index contributed by atoms with van der Waals surface area (Å²) < 4.78 is 36.8. The summed E-state index contributed by atoms with van der Waals surface area (Å²) in [6.45, 7) is -0.549. The second kappa shape index (κ2) is 7.17. The van der Waals surface area contributed by atoms with E-state index in [9.17, 15) is 22.8 Å². The number of halogens is 3. The van der Waals surface area contributed by atoms with Gasteiger partial charge in [-0.25, -0.2) is 4.79 Å². The molecular weight excluding hydrogens is 347 g/mol. The van der Waals surface area contributed by atoms with Crippen molar-refractivity contribution in [3.8, 4) is 0 Å². The predicted molar refractivity (Wildman–Crippen MR) is 89.5 cm³/mol. The molecule has 1 aliphatic carbocycles. The van der Waals surface area contributed by atoms with Crippen LogP contribution in [0.2, 0.25) is 0 Å². The van der Waals surface area contributed by atoms with Gasteiger partial charge in [-0.1, -0.05) is 30.3 Å². The van der Waals surface area contributed by atoms with Crippen LogP contribution >= 0.6 is 0 Å². The van der Waals surface area contributed by atoms with Crippen LogP contribution in [-0.4, -0.2) is 48.7 Å². The molecule has 142 valence electrons. The van der Waals surface area contributed by atoms with Crippen LogP contribution in [0.25, 0.3) is 0 Å². The second-order valence-electron chi connectivity index (χ2n) is 6.99. The van der Waals surface area contributed by atoms with Gasteiger partial charge in [0, 0.05) is 18.5 Å². The van der Waals surface area contributed by atoms with Crippen molar-refractivity contribution < 1.29 is 22.8 Å². The molecule has 1 aromatic rings. The molecule has 26 heavy (non-hydrogen) atoms. The van der Waals surface area contributed by atoms with E-state index in [1.54, 1.807) is 0 Å². The Morgan fingerprint density at radius 1 is 1.15 bits per heavy atom. The van der Waals surface area contributed by atoms with Crippen LogP contribution in [0.15, 0.2) is 30.3 Å². The first-order chi connectivity index (χ1) is 12.3. The van der Waals surface area contributed by atoms with Crippen molar-refractivity contribution in [1.29, 1.82) is 0 Å². The van der Waals surface area contributed by atoms with Crippen LogP contribution in [0.5, 0.6) is 0 Å². The molecule has 0 radical (unpaired) electrons. The van der Waals surface area contributed by atoms with Gasteiger partial charge < -0.3 is 15.5 Å². The normalized spacial score (nSPS) is 21.3. The third-order valence-electron chi connectivity index (χ3n) is 5.10. The Morgan fingerprint density at radius 3 is 2.46 bits per heavy atom. The molecule has 1 saturated carbocycles. The van der Waals surface area contributed by atoms with Crippen LogP contribution in [-0.2, 0) is 10.2 Å². The predicted octanol–water partition coefficient (Wildman–Crippen LogP) is 2.57. The number of amides is 3. The Labute approximate surface area is 149 Å². The summed E-state index contributed by atoms with van der Waals surface area (Å²) in [5, 5.41) is 4.74. The lowest BCUT2D eigenvalue weighted by molar-refractivity contribution is -0.140. The summed E-state index contributed by atoms with van der Waals surface area (Å²) in [5.74, 6) is -0.751. The quantitative estimate of drug-likeness (QED) is 0.838. The van der Waals surface area contributed by atoms with Crippen molar-refractivity contribution in [1.82, 2.24) is 15.5 Å². The van der Waals surface area contributed by atoms with Crippen molar-refractivity contribution in [2.24, 2.45) is 0 Å². The molecule has 0 spiro atoms. The lowest BCUT2D eigenvalue weighted by Crippen LogP contribution is -2.51. The summed E-state index contributed by atoms with van der Waals surface area (Å²) in [4.78, 5) is 25.8. The zero-order valence-electron chi connectivity index (χ0n) is 14.3. The van der Waals surface area contributed by atoms with Crippen molar-refractivity contribution in [3.63, 3.8) is 0 Å². The monoisotopic (exact) mass is 369 g/mol. The fourth-order valence-electron chi connectivity index (χ4n) is 3.44. The average Bonchev–Trinajstić information content (AvgIpc) is 3.25. The number of urea groups is 1. The minimum Gasteiger partial charge on any atom is -0.345 e. The van der Waals surface area contributed by atoms with Crippen LogP contribution < -0.4 is 10.6 Å². The molecule has 1 atom stereocenters. The number of carbonyl (C=O) groups is 2. The number of nitrogens with zero attached hydrogens (tertiary/aromatic N) is 1. The molecule has 0 aromatic heterocycles. The van der Waals surface area contributed by atoms with Crippen LogP contribution in [0.4, 0.5) is 18.0 Å². The van der Waals surface area contributed by atoms with Gasteiger partial charge in [0.15, 0.2) is 0 Å². The Morgan fingerprint density at radius 2 is 1.85 bits per heavy atom. The Hall–Kier alpha value is -2.25. The van der Waals surface area contributed by atoms with E-state index in [0.717, 1.165) is 12.8 Å². The van der Waals surface area contributed by atoms with Crippen molar-refractivity contribution >= 4 is 11.9 Å². The molecule has 1 aliphatic heterocycles. The van der Waals surface area contributed by atoms with Crippen molar-refractivity contribution in [2.45, 2.75) is 43.3 Å². The van der Waals surface area contributed by atoms with E-state index in [4.69, 9.17) is 0 Å². The Kier molecular flexibility index (Phi) is 5.11. The van der Waals surface area contributed by atoms with E-state index in [-0.39, 0.29) is 5.41 Å². The van der Waals surface area contributed by atoms with Crippen molar-refractivity contribution in [3.05, 3.63) is 35.9 Å². The molecule has 1 unspecified atom stereocenters. The van der Waals surface area contributed by atoms with Crippen LogP contribution in [0, 0.1) is 0 Å². The van der Waals surface area contributed by atoms with E-state index < -0.39 is 30.7 Å². The number of benzene rings is 1. The van der Waals surface area contributed by atoms with Gasteiger partial charge in [-0.2, -0.15) is 13.2 Å². The van der Waals surface area contributed by atoms with E-state index in [1.165, 1.54) is 10.5 Å². The number of alkyl halides is 3. The number of carbonyl (C=O) groups excluding carboxylic acids is 2. The summed E-state index contributed by atoms with van der Waals surface area (Å²) in [6.07, 6.45) is -1.53. The van der Waals surface area contributed by atoms with E-state index >= 15 is 0 Å². The number of likely N-dealkylation sites (tertiary alicyclic amines) is 1. The first-order valence-electron chi connectivity index (χ1n) is 8.75.